The minimum atomic E-state index is 0.646. The van der Waals surface area contributed by atoms with Gasteiger partial charge in [0.1, 0.15) is 0 Å². The molecule has 2 nitrogen and oxygen atoms in total. The summed E-state index contributed by atoms with van der Waals surface area (Å²) in [5.74, 6) is 0. The molecule has 0 saturated carbocycles. The highest BCUT2D eigenvalue weighted by Crippen LogP contribution is 2.21. The number of benzene rings is 1. The second-order valence-electron chi connectivity index (χ2n) is 5.56. The van der Waals surface area contributed by atoms with Crippen LogP contribution in [0.5, 0.6) is 0 Å². The zero-order valence-corrected chi connectivity index (χ0v) is 11.9. The van der Waals surface area contributed by atoms with Crippen LogP contribution in [0.15, 0.2) is 24.3 Å². The van der Waals surface area contributed by atoms with Crippen molar-refractivity contribution in [2.24, 2.45) is 0 Å². The molecule has 1 aliphatic rings. The van der Waals surface area contributed by atoms with Crippen molar-refractivity contribution >= 4 is 5.69 Å². The van der Waals surface area contributed by atoms with Crippen LogP contribution in [0.4, 0.5) is 5.69 Å². The molecule has 1 fully saturated rings. The molecule has 100 valence electrons. The third-order valence-corrected chi connectivity index (χ3v) is 4.02. The molecule has 1 aromatic carbocycles. The summed E-state index contributed by atoms with van der Waals surface area (Å²) in [6.07, 6.45) is 3.63. The van der Waals surface area contributed by atoms with Crippen molar-refractivity contribution in [3.8, 4) is 0 Å². The summed E-state index contributed by atoms with van der Waals surface area (Å²) >= 11 is 0. The fourth-order valence-electron chi connectivity index (χ4n) is 2.75. The smallest absolute Gasteiger partial charge is 0.0374 e. The minimum absolute atomic E-state index is 0.646. The predicted octanol–water partition coefficient (Wildman–Crippen LogP) is 3.53. The highest BCUT2D eigenvalue weighted by molar-refractivity contribution is 5.51. The average molecular weight is 246 g/mol. The zero-order valence-electron chi connectivity index (χ0n) is 11.9. The van der Waals surface area contributed by atoms with Gasteiger partial charge >= 0.3 is 0 Å². The lowest BCUT2D eigenvalue weighted by Gasteiger charge is -2.35. The lowest BCUT2D eigenvalue weighted by molar-refractivity contribution is 0.177. The predicted molar refractivity (Wildman–Crippen MR) is 79.2 cm³/mol. The van der Waals surface area contributed by atoms with E-state index < -0.39 is 0 Å². The van der Waals surface area contributed by atoms with E-state index in [4.69, 9.17) is 0 Å². The molecule has 0 aliphatic carbocycles. The van der Waals surface area contributed by atoms with Gasteiger partial charge in [0.15, 0.2) is 0 Å². The Balaban J connectivity index is 1.91. The Morgan fingerprint density at radius 1 is 1.22 bits per heavy atom. The van der Waals surface area contributed by atoms with E-state index in [-0.39, 0.29) is 0 Å². The third kappa shape index (κ3) is 3.26. The van der Waals surface area contributed by atoms with E-state index in [9.17, 15) is 0 Å². The first kappa shape index (κ1) is 13.4. The molecule has 1 N–H and O–H groups in total. The lowest BCUT2D eigenvalue weighted by atomic mass is 10.0. The third-order valence-electron chi connectivity index (χ3n) is 4.02. The minimum Gasteiger partial charge on any atom is -0.382 e. The Hall–Kier alpha value is -1.02. The molecule has 1 aliphatic heterocycles. The Kier molecular flexibility index (Phi) is 4.65. The van der Waals surface area contributed by atoms with Crippen molar-refractivity contribution in [1.82, 2.24) is 4.90 Å². The molecule has 18 heavy (non-hydrogen) atoms. The molecule has 1 saturated heterocycles. The number of aryl methyl sites for hydroxylation is 1. The molecule has 1 aromatic rings. The van der Waals surface area contributed by atoms with Crippen molar-refractivity contribution in [2.45, 2.75) is 52.1 Å². The van der Waals surface area contributed by atoms with Crippen molar-refractivity contribution in [3.05, 3.63) is 29.8 Å². The van der Waals surface area contributed by atoms with Gasteiger partial charge in [-0.2, -0.15) is 0 Å². The summed E-state index contributed by atoms with van der Waals surface area (Å²) in [5, 5.41) is 3.73. The van der Waals surface area contributed by atoms with Crippen molar-refractivity contribution in [1.29, 1.82) is 0 Å². The van der Waals surface area contributed by atoms with E-state index in [1.165, 1.54) is 37.2 Å². The zero-order chi connectivity index (χ0) is 13.0. The first-order chi connectivity index (χ1) is 8.70. The van der Waals surface area contributed by atoms with Gasteiger partial charge in [-0.25, -0.2) is 0 Å². The number of nitrogens with zero attached hydrogens (tertiary/aromatic N) is 1. The second-order valence-corrected chi connectivity index (χ2v) is 5.56. The summed E-state index contributed by atoms with van der Waals surface area (Å²) < 4.78 is 0. The molecule has 1 heterocycles. The Labute approximate surface area is 111 Å². The number of para-hydroxylation sites is 1. The van der Waals surface area contributed by atoms with Gasteiger partial charge in [0.2, 0.25) is 0 Å². The van der Waals surface area contributed by atoms with Gasteiger partial charge in [0.05, 0.1) is 0 Å². The monoisotopic (exact) mass is 246 g/mol. The van der Waals surface area contributed by atoms with Crippen LogP contribution in [-0.4, -0.2) is 30.1 Å². The van der Waals surface area contributed by atoms with Crippen molar-refractivity contribution < 1.29 is 0 Å². The highest BCUT2D eigenvalue weighted by Gasteiger charge is 2.20. The van der Waals surface area contributed by atoms with Gasteiger partial charge in [0.25, 0.3) is 0 Å². The SMILES string of the molecule is CCc1ccccc1NC1CCN(C(C)C)CC1. The van der Waals surface area contributed by atoms with Gasteiger partial charge in [-0.3, -0.25) is 0 Å². The van der Waals surface area contributed by atoms with Crippen LogP contribution in [0, 0.1) is 0 Å². The van der Waals surface area contributed by atoms with Gasteiger partial charge in [-0.15, -0.1) is 0 Å². The van der Waals surface area contributed by atoms with E-state index in [0.29, 0.717) is 12.1 Å². The van der Waals surface area contributed by atoms with E-state index in [2.05, 4.69) is 55.3 Å². The van der Waals surface area contributed by atoms with Gasteiger partial charge in [-0.1, -0.05) is 25.1 Å². The largest absolute Gasteiger partial charge is 0.382 e. The Bertz CT molecular complexity index is 365. The number of nitrogens with one attached hydrogen (secondary N) is 1. The molecule has 2 rings (SSSR count). The lowest BCUT2D eigenvalue weighted by Crippen LogP contribution is -2.42. The molecule has 0 radical (unpaired) electrons. The number of likely N-dealkylation sites (tertiary alicyclic amines) is 1. The maximum absolute atomic E-state index is 3.73. The van der Waals surface area contributed by atoms with Gasteiger partial charge in [-0.05, 0) is 44.7 Å². The molecular formula is C16H26N2. The summed E-state index contributed by atoms with van der Waals surface area (Å²) in [4.78, 5) is 2.57. The van der Waals surface area contributed by atoms with E-state index >= 15 is 0 Å². The molecular weight excluding hydrogens is 220 g/mol. The van der Waals surface area contributed by atoms with Crippen LogP contribution in [0.2, 0.25) is 0 Å². The summed E-state index contributed by atoms with van der Waals surface area (Å²) in [5.41, 5.74) is 2.77. The first-order valence-corrected chi connectivity index (χ1v) is 7.29. The first-order valence-electron chi connectivity index (χ1n) is 7.29. The number of hydrogen-bond donors (Lipinski definition) is 1. The summed E-state index contributed by atoms with van der Waals surface area (Å²) in [6.45, 7) is 9.26. The van der Waals surface area contributed by atoms with Gasteiger partial charge < -0.3 is 10.2 Å². The topological polar surface area (TPSA) is 15.3 Å². The molecule has 2 heteroatoms. The molecule has 0 bridgehead atoms. The van der Waals surface area contributed by atoms with Crippen molar-refractivity contribution in [2.75, 3.05) is 18.4 Å². The summed E-state index contributed by atoms with van der Waals surface area (Å²) in [7, 11) is 0. The molecule has 0 amide bonds. The average Bonchev–Trinajstić information content (AvgIpc) is 2.40. The van der Waals surface area contributed by atoms with Crippen LogP contribution in [-0.2, 0) is 6.42 Å². The maximum atomic E-state index is 3.73. The quantitative estimate of drug-likeness (QED) is 0.874. The molecule has 0 spiro atoms. The van der Waals surface area contributed by atoms with Crippen LogP contribution in [0.25, 0.3) is 0 Å². The fraction of sp³-hybridized carbons (Fsp3) is 0.625. The highest BCUT2D eigenvalue weighted by atomic mass is 15.2. The van der Waals surface area contributed by atoms with Crippen molar-refractivity contribution in [3.63, 3.8) is 0 Å². The summed E-state index contributed by atoms with van der Waals surface area (Å²) in [6, 6.07) is 10.0. The molecule has 0 aromatic heterocycles. The van der Waals surface area contributed by atoms with E-state index in [1.54, 1.807) is 0 Å². The second kappa shape index (κ2) is 6.24. The normalized spacial score (nSPS) is 18.2. The standard InChI is InChI=1S/C16H26N2/c1-4-14-7-5-6-8-16(14)17-15-9-11-18(12-10-15)13(2)3/h5-8,13,15,17H,4,9-12H2,1-3H3. The number of anilines is 1. The molecule has 0 unspecified atom stereocenters. The van der Waals surface area contributed by atoms with Crippen LogP contribution in [0.1, 0.15) is 39.2 Å². The van der Waals surface area contributed by atoms with Gasteiger partial charge in [0, 0.05) is 30.9 Å². The molecule has 0 atom stereocenters. The van der Waals surface area contributed by atoms with E-state index in [0.717, 1.165) is 6.42 Å². The maximum Gasteiger partial charge on any atom is 0.0374 e. The number of rotatable bonds is 4. The Morgan fingerprint density at radius 2 is 1.89 bits per heavy atom. The number of piperidine rings is 1. The van der Waals surface area contributed by atoms with Crippen LogP contribution >= 0.6 is 0 Å². The number of hydrogen-bond acceptors (Lipinski definition) is 2. The Morgan fingerprint density at radius 3 is 2.50 bits per heavy atom. The van der Waals surface area contributed by atoms with Crippen LogP contribution < -0.4 is 5.32 Å². The fourth-order valence-corrected chi connectivity index (χ4v) is 2.75. The van der Waals surface area contributed by atoms with E-state index in [1.807, 2.05) is 0 Å². The van der Waals surface area contributed by atoms with Crippen LogP contribution in [0.3, 0.4) is 0 Å².